The van der Waals surface area contributed by atoms with Crippen LogP contribution < -0.4 is 5.56 Å². The van der Waals surface area contributed by atoms with Crippen LogP contribution in [0.3, 0.4) is 0 Å². The van der Waals surface area contributed by atoms with Gasteiger partial charge in [0.05, 0.1) is 0 Å². The molecule has 0 fully saturated rings. The molecule has 2 aromatic heterocycles. The molecule has 6 heteroatoms. The van der Waals surface area contributed by atoms with E-state index in [1.807, 2.05) is 6.07 Å². The highest BCUT2D eigenvalue weighted by Crippen LogP contribution is 2.17. The quantitative estimate of drug-likeness (QED) is 0.692. The van der Waals surface area contributed by atoms with Crippen molar-refractivity contribution >= 4 is 11.2 Å². The molecule has 0 spiro atoms. The molecule has 3 aromatic rings. The molecular weight excluding hydrogens is 319 g/mol. The van der Waals surface area contributed by atoms with Gasteiger partial charge in [-0.2, -0.15) is 0 Å². The highest BCUT2D eigenvalue weighted by atomic mass is 19.1. The van der Waals surface area contributed by atoms with E-state index in [1.165, 1.54) is 12.1 Å². The summed E-state index contributed by atoms with van der Waals surface area (Å²) in [5.74, 6) is -0.340. The van der Waals surface area contributed by atoms with Gasteiger partial charge in [0.1, 0.15) is 17.0 Å². The zero-order valence-electron chi connectivity index (χ0n) is 14.4. The van der Waals surface area contributed by atoms with Crippen molar-refractivity contribution in [1.82, 2.24) is 19.4 Å². The minimum absolute atomic E-state index is 0.204. The van der Waals surface area contributed by atoms with Gasteiger partial charge in [0.2, 0.25) is 0 Å². The van der Waals surface area contributed by atoms with E-state index in [4.69, 9.17) is 0 Å². The summed E-state index contributed by atoms with van der Waals surface area (Å²) in [6.45, 7) is 7.33. The smallest absolute Gasteiger partial charge is 0.278 e. The first-order valence-electron chi connectivity index (χ1n) is 8.48. The topological polar surface area (TPSA) is 51.0 Å². The summed E-state index contributed by atoms with van der Waals surface area (Å²) in [6.07, 6.45) is 1.66. The second kappa shape index (κ2) is 7.53. The molecule has 3 rings (SSSR count). The maximum absolute atomic E-state index is 13.2. The second-order valence-corrected chi connectivity index (χ2v) is 5.80. The Morgan fingerprint density at radius 2 is 1.84 bits per heavy atom. The van der Waals surface area contributed by atoms with Crippen molar-refractivity contribution < 1.29 is 4.39 Å². The van der Waals surface area contributed by atoms with Crippen molar-refractivity contribution in [2.24, 2.45) is 0 Å². The van der Waals surface area contributed by atoms with E-state index in [0.29, 0.717) is 29.0 Å². The van der Waals surface area contributed by atoms with E-state index in [1.54, 1.807) is 29.0 Å². The van der Waals surface area contributed by atoms with Gasteiger partial charge < -0.3 is 4.90 Å². The molecule has 0 aliphatic heterocycles. The standard InChI is InChI=1S/C19H21FN4O/c1-3-23(4-2)12-13-24-18-16(6-5-11-21-18)22-17(19(24)25)14-7-9-15(20)10-8-14/h5-11H,3-4,12-13H2,1-2H3. The number of rotatable bonds is 6. The van der Waals surface area contributed by atoms with Crippen LogP contribution in [0, 0.1) is 5.82 Å². The molecule has 0 aliphatic rings. The third-order valence-electron chi connectivity index (χ3n) is 4.35. The molecule has 0 unspecified atom stereocenters. The minimum atomic E-state index is -0.340. The summed E-state index contributed by atoms with van der Waals surface area (Å²) in [5, 5.41) is 0. The number of hydrogen-bond donors (Lipinski definition) is 0. The molecule has 0 aliphatic carbocycles. The normalized spacial score (nSPS) is 11.4. The van der Waals surface area contributed by atoms with Crippen LogP contribution in [-0.4, -0.2) is 39.1 Å². The number of aromatic nitrogens is 3. The van der Waals surface area contributed by atoms with Crippen molar-refractivity contribution in [2.75, 3.05) is 19.6 Å². The fraction of sp³-hybridized carbons (Fsp3) is 0.316. The molecule has 2 heterocycles. The van der Waals surface area contributed by atoms with E-state index in [9.17, 15) is 9.18 Å². The Balaban J connectivity index is 2.11. The van der Waals surface area contributed by atoms with Gasteiger partial charge in [0.15, 0.2) is 5.65 Å². The molecule has 0 radical (unpaired) electrons. The molecule has 1 aromatic carbocycles. The molecule has 25 heavy (non-hydrogen) atoms. The lowest BCUT2D eigenvalue weighted by Crippen LogP contribution is -2.32. The summed E-state index contributed by atoms with van der Waals surface area (Å²) >= 11 is 0. The number of hydrogen-bond acceptors (Lipinski definition) is 4. The van der Waals surface area contributed by atoms with Crippen molar-refractivity contribution in [1.29, 1.82) is 0 Å². The maximum Gasteiger partial charge on any atom is 0.278 e. The monoisotopic (exact) mass is 340 g/mol. The van der Waals surface area contributed by atoms with Gasteiger partial charge in [-0.15, -0.1) is 0 Å². The predicted molar refractivity (Wildman–Crippen MR) is 97.0 cm³/mol. The lowest BCUT2D eigenvalue weighted by Gasteiger charge is -2.19. The summed E-state index contributed by atoms with van der Waals surface area (Å²) < 4.78 is 14.9. The molecule has 130 valence electrons. The number of likely N-dealkylation sites (N-methyl/N-ethyl adjacent to an activating group) is 1. The first-order chi connectivity index (χ1) is 12.1. The number of fused-ring (bicyclic) bond motifs is 1. The predicted octanol–water partition coefficient (Wildman–Crippen LogP) is 2.94. The number of benzene rings is 1. The van der Waals surface area contributed by atoms with Crippen LogP contribution in [0.5, 0.6) is 0 Å². The summed E-state index contributed by atoms with van der Waals surface area (Å²) in [4.78, 5) is 24.1. The third-order valence-corrected chi connectivity index (χ3v) is 4.35. The number of halogens is 1. The molecule has 0 saturated heterocycles. The van der Waals surface area contributed by atoms with E-state index < -0.39 is 0 Å². The highest BCUT2D eigenvalue weighted by Gasteiger charge is 2.14. The van der Waals surface area contributed by atoms with Gasteiger partial charge in [-0.3, -0.25) is 9.36 Å². The Labute approximate surface area is 145 Å². The van der Waals surface area contributed by atoms with Crippen molar-refractivity contribution in [3.63, 3.8) is 0 Å². The number of pyridine rings is 1. The molecular formula is C19H21FN4O. The Morgan fingerprint density at radius 1 is 1.12 bits per heavy atom. The van der Waals surface area contributed by atoms with Crippen LogP contribution >= 0.6 is 0 Å². The zero-order valence-corrected chi connectivity index (χ0v) is 14.4. The van der Waals surface area contributed by atoms with Crippen molar-refractivity contribution in [3.8, 4) is 11.3 Å². The van der Waals surface area contributed by atoms with E-state index in [2.05, 4.69) is 28.7 Å². The lowest BCUT2D eigenvalue weighted by atomic mass is 10.1. The average molecular weight is 340 g/mol. The number of nitrogens with zero attached hydrogens (tertiary/aromatic N) is 4. The Morgan fingerprint density at radius 3 is 2.52 bits per heavy atom. The Hall–Kier alpha value is -2.60. The summed E-state index contributed by atoms with van der Waals surface area (Å²) in [7, 11) is 0. The third kappa shape index (κ3) is 3.58. The van der Waals surface area contributed by atoms with Crippen LogP contribution in [-0.2, 0) is 6.54 Å². The van der Waals surface area contributed by atoms with Crippen molar-refractivity contribution in [2.45, 2.75) is 20.4 Å². The SMILES string of the molecule is CCN(CC)CCn1c(=O)c(-c2ccc(F)cc2)nc2cccnc21. The van der Waals surface area contributed by atoms with E-state index in [-0.39, 0.29) is 11.4 Å². The van der Waals surface area contributed by atoms with E-state index in [0.717, 1.165) is 19.6 Å². The Kier molecular flexibility index (Phi) is 5.19. The van der Waals surface area contributed by atoms with E-state index >= 15 is 0 Å². The fourth-order valence-electron chi connectivity index (χ4n) is 2.86. The molecule has 0 amide bonds. The van der Waals surface area contributed by atoms with Gasteiger partial charge in [0.25, 0.3) is 5.56 Å². The largest absolute Gasteiger partial charge is 0.302 e. The van der Waals surface area contributed by atoms with Gasteiger partial charge in [0, 0.05) is 24.8 Å². The fourth-order valence-corrected chi connectivity index (χ4v) is 2.86. The lowest BCUT2D eigenvalue weighted by molar-refractivity contribution is 0.290. The average Bonchev–Trinajstić information content (AvgIpc) is 2.64. The minimum Gasteiger partial charge on any atom is -0.302 e. The van der Waals surface area contributed by atoms with Crippen LogP contribution in [0.25, 0.3) is 22.4 Å². The van der Waals surface area contributed by atoms with Crippen LogP contribution in [0.2, 0.25) is 0 Å². The van der Waals surface area contributed by atoms with Gasteiger partial charge in [-0.1, -0.05) is 13.8 Å². The van der Waals surface area contributed by atoms with Gasteiger partial charge >= 0.3 is 0 Å². The molecule has 0 saturated carbocycles. The molecule has 0 bridgehead atoms. The maximum atomic E-state index is 13.2. The van der Waals surface area contributed by atoms with Gasteiger partial charge in [-0.05, 0) is 49.5 Å². The first kappa shape index (κ1) is 17.2. The summed E-state index contributed by atoms with van der Waals surface area (Å²) in [6, 6.07) is 9.46. The molecule has 0 atom stereocenters. The molecule has 5 nitrogen and oxygen atoms in total. The van der Waals surface area contributed by atoms with Crippen LogP contribution in [0.15, 0.2) is 47.4 Å². The first-order valence-corrected chi connectivity index (χ1v) is 8.48. The van der Waals surface area contributed by atoms with Crippen LogP contribution in [0.4, 0.5) is 4.39 Å². The Bertz CT molecular complexity index is 917. The van der Waals surface area contributed by atoms with Gasteiger partial charge in [-0.25, -0.2) is 14.4 Å². The zero-order chi connectivity index (χ0) is 17.8. The van der Waals surface area contributed by atoms with Crippen molar-refractivity contribution in [3.05, 3.63) is 58.8 Å². The second-order valence-electron chi connectivity index (χ2n) is 5.80. The highest BCUT2D eigenvalue weighted by molar-refractivity contribution is 5.74. The summed E-state index contributed by atoms with van der Waals surface area (Å²) in [5.41, 5.74) is 1.95. The molecule has 0 N–H and O–H groups in total. The van der Waals surface area contributed by atoms with Crippen LogP contribution in [0.1, 0.15) is 13.8 Å².